The number of rotatable bonds is 16. The summed E-state index contributed by atoms with van der Waals surface area (Å²) < 4.78 is 5.20. The van der Waals surface area contributed by atoms with Crippen molar-refractivity contribution < 1.29 is 9.53 Å². The summed E-state index contributed by atoms with van der Waals surface area (Å²) in [6, 6.07) is -0.582. The van der Waals surface area contributed by atoms with Crippen molar-refractivity contribution in [2.24, 2.45) is 11.5 Å². The van der Waals surface area contributed by atoms with Gasteiger partial charge >= 0.3 is 5.97 Å². The van der Waals surface area contributed by atoms with Gasteiger partial charge < -0.3 is 21.5 Å². The van der Waals surface area contributed by atoms with E-state index in [-0.39, 0.29) is 11.9 Å². The van der Waals surface area contributed by atoms with E-state index in [4.69, 9.17) is 21.6 Å². The summed E-state index contributed by atoms with van der Waals surface area (Å²) in [7, 11) is 0. The highest BCUT2D eigenvalue weighted by molar-refractivity contribution is 5.75. The molecule has 142 valence electrons. The zero-order chi connectivity index (χ0) is 18.0. The van der Waals surface area contributed by atoms with Crippen molar-refractivity contribution in [2.45, 2.75) is 90.0 Å². The zero-order valence-corrected chi connectivity index (χ0v) is 15.4. The van der Waals surface area contributed by atoms with E-state index in [1.165, 1.54) is 51.4 Å². The van der Waals surface area contributed by atoms with E-state index < -0.39 is 6.04 Å². The summed E-state index contributed by atoms with van der Waals surface area (Å²) in [5, 5.41) is 9.70. The number of unbranched alkanes of at least 4 members (excludes halogenated alkanes) is 9. The predicted octanol–water partition coefficient (Wildman–Crippen LogP) is 3.04. The average Bonchev–Trinajstić information content (AvgIpc) is 2.56. The minimum atomic E-state index is -0.582. The van der Waals surface area contributed by atoms with E-state index in [2.05, 4.69) is 12.2 Å². The number of ether oxygens (including phenoxy) is 1. The maximum Gasteiger partial charge on any atom is 0.322 e. The SMILES string of the molecule is CCCCCCCCCCCCOC(=O)C(N)CCCNC(=N)N. The van der Waals surface area contributed by atoms with Gasteiger partial charge in [-0.3, -0.25) is 10.2 Å². The average molecular weight is 343 g/mol. The molecular formula is C18H38N4O2. The van der Waals surface area contributed by atoms with E-state index >= 15 is 0 Å². The Morgan fingerprint density at radius 1 is 1.00 bits per heavy atom. The number of hydrogen-bond donors (Lipinski definition) is 4. The second kappa shape index (κ2) is 16.6. The Hall–Kier alpha value is -1.30. The van der Waals surface area contributed by atoms with Crippen molar-refractivity contribution in [2.75, 3.05) is 13.2 Å². The number of nitrogens with one attached hydrogen (secondary N) is 2. The van der Waals surface area contributed by atoms with Gasteiger partial charge in [-0.2, -0.15) is 0 Å². The molecule has 0 aliphatic carbocycles. The van der Waals surface area contributed by atoms with E-state index in [1.807, 2.05) is 0 Å². The van der Waals surface area contributed by atoms with Crippen LogP contribution in [0.5, 0.6) is 0 Å². The van der Waals surface area contributed by atoms with Gasteiger partial charge in [-0.15, -0.1) is 0 Å². The molecule has 0 bridgehead atoms. The molecule has 0 saturated heterocycles. The third-order valence-corrected chi connectivity index (χ3v) is 4.05. The van der Waals surface area contributed by atoms with Gasteiger partial charge in [0.1, 0.15) is 6.04 Å². The van der Waals surface area contributed by atoms with Gasteiger partial charge in [-0.25, -0.2) is 0 Å². The van der Waals surface area contributed by atoms with Crippen LogP contribution >= 0.6 is 0 Å². The molecule has 0 saturated carbocycles. The summed E-state index contributed by atoms with van der Waals surface area (Å²) in [5.74, 6) is -0.388. The van der Waals surface area contributed by atoms with Crippen LogP contribution in [0.1, 0.15) is 84.0 Å². The first-order valence-corrected chi connectivity index (χ1v) is 9.58. The largest absolute Gasteiger partial charge is 0.465 e. The summed E-state index contributed by atoms with van der Waals surface area (Å²) in [6.45, 7) is 3.26. The quantitative estimate of drug-likeness (QED) is 0.149. The number of carbonyl (C=O) groups excluding carboxylic acids is 1. The third-order valence-electron chi connectivity index (χ3n) is 4.05. The monoisotopic (exact) mass is 342 g/mol. The second-order valence-corrected chi connectivity index (χ2v) is 6.44. The van der Waals surface area contributed by atoms with Crippen molar-refractivity contribution in [3.63, 3.8) is 0 Å². The van der Waals surface area contributed by atoms with E-state index in [0.717, 1.165) is 12.8 Å². The molecule has 24 heavy (non-hydrogen) atoms. The van der Waals surface area contributed by atoms with Gasteiger partial charge in [0, 0.05) is 6.54 Å². The van der Waals surface area contributed by atoms with Crippen LogP contribution in [-0.4, -0.2) is 31.1 Å². The van der Waals surface area contributed by atoms with Crippen LogP contribution in [0.25, 0.3) is 0 Å². The second-order valence-electron chi connectivity index (χ2n) is 6.44. The summed E-state index contributed by atoms with van der Waals surface area (Å²) >= 11 is 0. The number of hydrogen-bond acceptors (Lipinski definition) is 4. The maximum absolute atomic E-state index is 11.7. The lowest BCUT2D eigenvalue weighted by atomic mass is 10.1. The lowest BCUT2D eigenvalue weighted by Gasteiger charge is -2.11. The molecular weight excluding hydrogens is 304 g/mol. The standard InChI is InChI=1S/C18H38N4O2/c1-2-3-4-5-6-7-8-9-10-11-15-24-17(23)16(19)13-12-14-22-18(20)21/h16H,2-15,19H2,1H3,(H4,20,21,22). The molecule has 0 rings (SSSR count). The molecule has 0 aromatic rings. The van der Waals surface area contributed by atoms with E-state index in [9.17, 15) is 4.79 Å². The van der Waals surface area contributed by atoms with E-state index in [1.54, 1.807) is 0 Å². The Labute approximate surface area is 147 Å². The molecule has 6 nitrogen and oxygen atoms in total. The predicted molar refractivity (Wildman–Crippen MR) is 99.9 cm³/mol. The van der Waals surface area contributed by atoms with Crippen LogP contribution in [0.15, 0.2) is 0 Å². The fourth-order valence-corrected chi connectivity index (χ4v) is 2.53. The van der Waals surface area contributed by atoms with Gasteiger partial charge in [-0.05, 0) is 19.3 Å². The fraction of sp³-hybridized carbons (Fsp3) is 0.889. The molecule has 0 aliphatic heterocycles. The van der Waals surface area contributed by atoms with Crippen molar-refractivity contribution in [3.05, 3.63) is 0 Å². The van der Waals surface area contributed by atoms with Crippen molar-refractivity contribution in [1.82, 2.24) is 5.32 Å². The summed E-state index contributed by atoms with van der Waals surface area (Å²) in [6.07, 6.45) is 13.8. The molecule has 1 unspecified atom stereocenters. The van der Waals surface area contributed by atoms with Gasteiger partial charge in [0.2, 0.25) is 0 Å². The molecule has 0 radical (unpaired) electrons. The van der Waals surface area contributed by atoms with Gasteiger partial charge in [-0.1, -0.05) is 64.7 Å². The van der Waals surface area contributed by atoms with Crippen molar-refractivity contribution in [1.29, 1.82) is 5.41 Å². The smallest absolute Gasteiger partial charge is 0.322 e. The topological polar surface area (TPSA) is 114 Å². The molecule has 0 fully saturated rings. The first-order chi connectivity index (χ1) is 11.6. The summed E-state index contributed by atoms with van der Waals surface area (Å²) in [4.78, 5) is 11.7. The molecule has 0 aromatic carbocycles. The zero-order valence-electron chi connectivity index (χ0n) is 15.4. The highest BCUT2D eigenvalue weighted by Gasteiger charge is 2.14. The van der Waals surface area contributed by atoms with Crippen LogP contribution < -0.4 is 16.8 Å². The molecule has 0 aromatic heterocycles. The van der Waals surface area contributed by atoms with Gasteiger partial charge in [0.15, 0.2) is 5.96 Å². The lowest BCUT2D eigenvalue weighted by Crippen LogP contribution is -2.35. The van der Waals surface area contributed by atoms with E-state index in [0.29, 0.717) is 26.0 Å². The minimum Gasteiger partial charge on any atom is -0.465 e. The molecule has 0 spiro atoms. The normalized spacial score (nSPS) is 11.9. The highest BCUT2D eigenvalue weighted by Crippen LogP contribution is 2.10. The number of carbonyl (C=O) groups is 1. The lowest BCUT2D eigenvalue weighted by molar-refractivity contribution is -0.145. The van der Waals surface area contributed by atoms with Crippen molar-refractivity contribution in [3.8, 4) is 0 Å². The first kappa shape index (κ1) is 22.7. The molecule has 6 N–H and O–H groups in total. The number of guanidine groups is 1. The third kappa shape index (κ3) is 15.6. The molecule has 6 heteroatoms. The maximum atomic E-state index is 11.7. The Bertz CT molecular complexity index is 324. The number of esters is 1. The van der Waals surface area contributed by atoms with Crippen LogP contribution in [0.2, 0.25) is 0 Å². The molecule has 0 amide bonds. The highest BCUT2D eigenvalue weighted by atomic mass is 16.5. The Morgan fingerprint density at radius 2 is 1.54 bits per heavy atom. The fourth-order valence-electron chi connectivity index (χ4n) is 2.53. The van der Waals surface area contributed by atoms with Crippen LogP contribution in [0, 0.1) is 5.41 Å². The molecule has 0 heterocycles. The Balaban J connectivity index is 3.34. The molecule has 1 atom stereocenters. The number of nitrogens with two attached hydrogens (primary N) is 2. The summed E-state index contributed by atoms with van der Waals surface area (Å²) in [5.41, 5.74) is 10.9. The Morgan fingerprint density at radius 3 is 2.08 bits per heavy atom. The first-order valence-electron chi connectivity index (χ1n) is 9.58. The van der Waals surface area contributed by atoms with Crippen LogP contribution in [0.3, 0.4) is 0 Å². The van der Waals surface area contributed by atoms with Crippen molar-refractivity contribution >= 4 is 11.9 Å². The van der Waals surface area contributed by atoms with Crippen LogP contribution in [0.4, 0.5) is 0 Å². The van der Waals surface area contributed by atoms with Crippen LogP contribution in [-0.2, 0) is 9.53 Å². The van der Waals surface area contributed by atoms with Gasteiger partial charge in [0.25, 0.3) is 0 Å². The Kier molecular flexibility index (Phi) is 15.7. The molecule has 0 aliphatic rings. The van der Waals surface area contributed by atoms with Gasteiger partial charge in [0.05, 0.1) is 6.61 Å². The minimum absolute atomic E-state index is 0.0629.